The molecule has 0 radical (unpaired) electrons. The Morgan fingerprint density at radius 1 is 1.04 bits per heavy atom. The van der Waals surface area contributed by atoms with Crippen LogP contribution < -0.4 is 10.1 Å². The summed E-state index contributed by atoms with van der Waals surface area (Å²) in [7, 11) is 0. The van der Waals surface area contributed by atoms with E-state index in [1.807, 2.05) is 32.0 Å². The molecule has 0 aliphatic heterocycles. The van der Waals surface area contributed by atoms with Crippen molar-refractivity contribution >= 4 is 17.6 Å². The van der Waals surface area contributed by atoms with Crippen molar-refractivity contribution < 1.29 is 19.1 Å². The monoisotopic (exact) mass is 355 g/mol. The van der Waals surface area contributed by atoms with E-state index in [0.717, 1.165) is 11.1 Å². The van der Waals surface area contributed by atoms with Crippen LogP contribution in [0.5, 0.6) is 5.75 Å². The second-order valence-corrected chi connectivity index (χ2v) is 6.15. The predicted molar refractivity (Wildman–Crippen MR) is 102 cm³/mol. The van der Waals surface area contributed by atoms with Gasteiger partial charge in [0.2, 0.25) is 0 Å². The highest BCUT2D eigenvalue weighted by molar-refractivity contribution is 5.98. The molecule has 0 aliphatic rings. The van der Waals surface area contributed by atoms with E-state index in [2.05, 4.69) is 5.32 Å². The Bertz CT molecular complexity index is 814. The number of esters is 1. The van der Waals surface area contributed by atoms with Crippen molar-refractivity contribution in [2.75, 3.05) is 11.9 Å². The topological polar surface area (TPSA) is 64.6 Å². The van der Waals surface area contributed by atoms with Crippen LogP contribution in [0.4, 0.5) is 5.69 Å². The molecular formula is C21H25NO4. The number of hydrogen-bond donors (Lipinski definition) is 1. The maximum atomic E-state index is 12.5. The largest absolute Gasteiger partial charge is 0.481 e. The van der Waals surface area contributed by atoms with Crippen molar-refractivity contribution in [1.29, 1.82) is 0 Å². The van der Waals surface area contributed by atoms with E-state index in [4.69, 9.17) is 9.47 Å². The Kier molecular flexibility index (Phi) is 6.39. The highest BCUT2D eigenvalue weighted by Crippen LogP contribution is 2.23. The van der Waals surface area contributed by atoms with Crippen LogP contribution in [0.2, 0.25) is 0 Å². The molecule has 0 saturated carbocycles. The smallest absolute Gasteiger partial charge is 0.338 e. The number of ether oxygens (including phenoxy) is 2. The Morgan fingerprint density at radius 2 is 1.73 bits per heavy atom. The molecule has 1 atom stereocenters. The Hall–Kier alpha value is -2.82. The van der Waals surface area contributed by atoms with Gasteiger partial charge in [0.15, 0.2) is 6.10 Å². The summed E-state index contributed by atoms with van der Waals surface area (Å²) in [5, 5.41) is 2.83. The molecule has 5 nitrogen and oxygen atoms in total. The third kappa shape index (κ3) is 4.42. The van der Waals surface area contributed by atoms with Crippen molar-refractivity contribution in [3.05, 3.63) is 58.7 Å². The Balaban J connectivity index is 2.13. The summed E-state index contributed by atoms with van der Waals surface area (Å²) in [5.74, 6) is 0.000411. The Labute approximate surface area is 154 Å². The van der Waals surface area contributed by atoms with Gasteiger partial charge in [0.05, 0.1) is 12.2 Å². The molecular weight excluding hydrogens is 330 g/mol. The van der Waals surface area contributed by atoms with Gasteiger partial charge in [0, 0.05) is 5.69 Å². The fraction of sp³-hybridized carbons (Fsp3) is 0.333. The molecule has 0 heterocycles. The summed E-state index contributed by atoms with van der Waals surface area (Å²) < 4.78 is 10.9. The van der Waals surface area contributed by atoms with Crippen molar-refractivity contribution in [1.82, 2.24) is 0 Å². The van der Waals surface area contributed by atoms with E-state index in [1.54, 1.807) is 39.0 Å². The van der Waals surface area contributed by atoms with Crippen LogP contribution in [-0.4, -0.2) is 24.6 Å². The van der Waals surface area contributed by atoms with Crippen LogP contribution in [0.3, 0.4) is 0 Å². The number of carbonyl (C=O) groups is 2. The quantitative estimate of drug-likeness (QED) is 0.789. The molecule has 0 unspecified atom stereocenters. The minimum atomic E-state index is -0.679. The number of anilines is 1. The molecule has 2 aromatic rings. The van der Waals surface area contributed by atoms with Crippen molar-refractivity contribution in [3.8, 4) is 5.75 Å². The summed E-state index contributed by atoms with van der Waals surface area (Å²) in [6.07, 6.45) is -0.679. The summed E-state index contributed by atoms with van der Waals surface area (Å²) in [4.78, 5) is 24.5. The van der Waals surface area contributed by atoms with Gasteiger partial charge in [-0.15, -0.1) is 0 Å². The van der Waals surface area contributed by atoms with Gasteiger partial charge in [-0.25, -0.2) is 4.79 Å². The highest BCUT2D eigenvalue weighted by Gasteiger charge is 2.19. The molecule has 0 saturated heterocycles. The molecule has 26 heavy (non-hydrogen) atoms. The minimum absolute atomic E-state index is 0.282. The van der Waals surface area contributed by atoms with Gasteiger partial charge in [0.25, 0.3) is 5.91 Å². The van der Waals surface area contributed by atoms with E-state index in [-0.39, 0.29) is 5.91 Å². The van der Waals surface area contributed by atoms with E-state index in [0.29, 0.717) is 29.2 Å². The van der Waals surface area contributed by atoms with Crippen LogP contribution in [0.1, 0.15) is 40.9 Å². The molecule has 1 amide bonds. The van der Waals surface area contributed by atoms with Gasteiger partial charge in [-0.1, -0.05) is 18.2 Å². The predicted octanol–water partition coefficient (Wildman–Crippen LogP) is 4.19. The van der Waals surface area contributed by atoms with Crippen LogP contribution >= 0.6 is 0 Å². The van der Waals surface area contributed by atoms with Crippen LogP contribution in [0, 0.1) is 20.8 Å². The average molecular weight is 355 g/mol. The zero-order valence-corrected chi connectivity index (χ0v) is 15.9. The molecule has 1 N–H and O–H groups in total. The Morgan fingerprint density at radius 3 is 2.42 bits per heavy atom. The summed E-state index contributed by atoms with van der Waals surface area (Å²) >= 11 is 0. The van der Waals surface area contributed by atoms with E-state index in [1.165, 1.54) is 0 Å². The number of hydrogen-bond acceptors (Lipinski definition) is 4. The molecule has 0 bridgehead atoms. The average Bonchev–Trinajstić information content (AvgIpc) is 2.60. The summed E-state index contributed by atoms with van der Waals surface area (Å²) in [6, 6.07) is 10.9. The maximum Gasteiger partial charge on any atom is 0.338 e. The van der Waals surface area contributed by atoms with Gasteiger partial charge < -0.3 is 14.8 Å². The fourth-order valence-electron chi connectivity index (χ4n) is 2.53. The number of carbonyl (C=O) groups excluding carboxylic acids is 2. The first kappa shape index (κ1) is 19.5. The van der Waals surface area contributed by atoms with Crippen LogP contribution in [0.15, 0.2) is 36.4 Å². The van der Waals surface area contributed by atoms with E-state index < -0.39 is 12.1 Å². The number of nitrogens with one attached hydrogen (secondary N) is 1. The molecule has 138 valence electrons. The lowest BCUT2D eigenvalue weighted by Gasteiger charge is -2.18. The lowest BCUT2D eigenvalue weighted by atomic mass is 10.1. The number of amides is 1. The standard InChI is InChI=1S/C21H25NO4/c1-6-25-21(24)17-10-8-11-18(15(17)4)22-20(23)16(5)26-19-12-7-9-13(2)14(19)3/h7-12,16H,6H2,1-5H3,(H,22,23)/t16-/m1/s1. The van der Waals surface area contributed by atoms with Gasteiger partial charge in [-0.2, -0.15) is 0 Å². The SMILES string of the molecule is CCOC(=O)c1cccc(NC(=O)[C@@H](C)Oc2cccc(C)c2C)c1C. The lowest BCUT2D eigenvalue weighted by molar-refractivity contribution is -0.122. The van der Waals surface area contributed by atoms with E-state index in [9.17, 15) is 9.59 Å². The van der Waals surface area contributed by atoms with Crippen LogP contribution in [-0.2, 0) is 9.53 Å². The second kappa shape index (κ2) is 8.52. The fourth-order valence-corrected chi connectivity index (χ4v) is 2.53. The molecule has 5 heteroatoms. The van der Waals surface area contributed by atoms with Crippen molar-refractivity contribution in [2.24, 2.45) is 0 Å². The van der Waals surface area contributed by atoms with Gasteiger partial charge in [0.1, 0.15) is 5.75 Å². The summed E-state index contributed by atoms with van der Waals surface area (Å²) in [6.45, 7) is 9.49. The highest BCUT2D eigenvalue weighted by atomic mass is 16.5. The third-order valence-electron chi connectivity index (χ3n) is 4.31. The normalized spacial score (nSPS) is 11.6. The third-order valence-corrected chi connectivity index (χ3v) is 4.31. The molecule has 0 aromatic heterocycles. The maximum absolute atomic E-state index is 12.5. The first-order valence-electron chi connectivity index (χ1n) is 8.65. The molecule has 0 aliphatic carbocycles. The first-order valence-corrected chi connectivity index (χ1v) is 8.65. The zero-order valence-electron chi connectivity index (χ0n) is 15.9. The number of aryl methyl sites for hydroxylation is 1. The molecule has 0 spiro atoms. The van der Waals surface area contributed by atoms with Gasteiger partial charge in [-0.05, 0) is 69.5 Å². The van der Waals surface area contributed by atoms with Gasteiger partial charge >= 0.3 is 5.97 Å². The number of rotatable bonds is 6. The van der Waals surface area contributed by atoms with Crippen molar-refractivity contribution in [2.45, 2.75) is 40.7 Å². The lowest BCUT2D eigenvalue weighted by Crippen LogP contribution is -2.30. The van der Waals surface area contributed by atoms with E-state index >= 15 is 0 Å². The van der Waals surface area contributed by atoms with Gasteiger partial charge in [-0.3, -0.25) is 4.79 Å². The first-order chi connectivity index (χ1) is 12.3. The molecule has 2 rings (SSSR count). The summed E-state index contributed by atoms with van der Waals surface area (Å²) in [5.41, 5.74) is 3.78. The van der Waals surface area contributed by atoms with Crippen molar-refractivity contribution in [3.63, 3.8) is 0 Å². The molecule has 0 fully saturated rings. The molecule has 2 aromatic carbocycles. The zero-order chi connectivity index (χ0) is 19.3. The second-order valence-electron chi connectivity index (χ2n) is 6.15. The van der Waals surface area contributed by atoms with Crippen LogP contribution in [0.25, 0.3) is 0 Å². The minimum Gasteiger partial charge on any atom is -0.481 e. The number of benzene rings is 2.